The van der Waals surface area contributed by atoms with Crippen LogP contribution in [0.1, 0.15) is 20.3 Å². The van der Waals surface area contributed by atoms with Gasteiger partial charge in [-0.25, -0.2) is 4.39 Å². The summed E-state index contributed by atoms with van der Waals surface area (Å²) in [6, 6.07) is 2.98. The van der Waals surface area contributed by atoms with E-state index in [1.165, 1.54) is 6.07 Å². The molecular formula is C14H23FN2O2. The molecule has 5 heteroatoms. The van der Waals surface area contributed by atoms with Crippen molar-refractivity contribution in [2.24, 2.45) is 0 Å². The molecule has 0 fully saturated rings. The van der Waals surface area contributed by atoms with Crippen molar-refractivity contribution in [2.75, 3.05) is 44.0 Å². The van der Waals surface area contributed by atoms with Gasteiger partial charge in [0.25, 0.3) is 0 Å². The number of nitrogens with zero attached hydrogens (tertiary/aromatic N) is 1. The molecule has 0 saturated carbocycles. The molecule has 4 nitrogen and oxygen atoms in total. The fraction of sp³-hybridized carbons (Fsp3) is 0.571. The van der Waals surface area contributed by atoms with E-state index >= 15 is 0 Å². The summed E-state index contributed by atoms with van der Waals surface area (Å²) >= 11 is 0. The van der Waals surface area contributed by atoms with Crippen LogP contribution in [-0.4, -0.2) is 33.4 Å². The predicted molar refractivity (Wildman–Crippen MR) is 76.4 cm³/mol. The molecule has 0 saturated heterocycles. The second-order valence-electron chi connectivity index (χ2n) is 4.26. The number of anilines is 2. The first-order chi connectivity index (χ1) is 9.13. The number of halogens is 1. The van der Waals surface area contributed by atoms with Gasteiger partial charge in [-0.15, -0.1) is 0 Å². The van der Waals surface area contributed by atoms with E-state index in [1.54, 1.807) is 13.2 Å². The highest BCUT2D eigenvalue weighted by Crippen LogP contribution is 2.31. The summed E-state index contributed by atoms with van der Waals surface area (Å²) in [5.74, 6) is -0.167. The van der Waals surface area contributed by atoms with Crippen LogP contribution in [0.3, 0.4) is 0 Å². The second kappa shape index (κ2) is 7.84. The third-order valence-electron chi connectivity index (χ3n) is 2.83. The topological polar surface area (TPSA) is 47.7 Å². The van der Waals surface area contributed by atoms with E-state index in [0.29, 0.717) is 25.4 Å². The highest BCUT2D eigenvalue weighted by molar-refractivity contribution is 5.70. The van der Waals surface area contributed by atoms with Crippen LogP contribution in [0.5, 0.6) is 5.75 Å². The van der Waals surface area contributed by atoms with Gasteiger partial charge in [0.15, 0.2) is 11.6 Å². The van der Waals surface area contributed by atoms with Crippen molar-refractivity contribution >= 4 is 11.4 Å². The number of benzene rings is 1. The Kier molecular flexibility index (Phi) is 6.42. The number of nitrogen functional groups attached to an aromatic ring is 1. The summed E-state index contributed by atoms with van der Waals surface area (Å²) in [4.78, 5) is 2.04. The highest BCUT2D eigenvalue weighted by atomic mass is 19.1. The minimum atomic E-state index is -0.419. The number of methoxy groups -OCH3 is 1. The Hall–Kier alpha value is -1.49. The van der Waals surface area contributed by atoms with E-state index in [2.05, 4.69) is 0 Å². The fourth-order valence-corrected chi connectivity index (χ4v) is 1.80. The number of nitrogens with two attached hydrogens (primary N) is 1. The first-order valence-corrected chi connectivity index (χ1v) is 6.59. The first-order valence-electron chi connectivity index (χ1n) is 6.59. The van der Waals surface area contributed by atoms with Crippen LogP contribution in [-0.2, 0) is 4.74 Å². The van der Waals surface area contributed by atoms with Gasteiger partial charge in [0, 0.05) is 32.3 Å². The normalized spacial score (nSPS) is 10.5. The fourth-order valence-electron chi connectivity index (χ4n) is 1.80. The molecular weight excluding hydrogens is 247 g/mol. The van der Waals surface area contributed by atoms with Crippen LogP contribution in [0.15, 0.2) is 12.1 Å². The SMILES string of the molecule is CCCOc1cc(N(CC)CCOC)c(N)cc1F. The Balaban J connectivity index is 2.97. The average Bonchev–Trinajstić information content (AvgIpc) is 2.40. The van der Waals surface area contributed by atoms with Crippen molar-refractivity contribution < 1.29 is 13.9 Å². The van der Waals surface area contributed by atoms with Gasteiger partial charge in [-0.1, -0.05) is 6.92 Å². The van der Waals surface area contributed by atoms with E-state index in [0.717, 1.165) is 18.7 Å². The zero-order chi connectivity index (χ0) is 14.3. The maximum atomic E-state index is 13.7. The molecule has 0 radical (unpaired) electrons. The van der Waals surface area contributed by atoms with Gasteiger partial charge in [-0.2, -0.15) is 0 Å². The van der Waals surface area contributed by atoms with Crippen LogP contribution >= 0.6 is 0 Å². The lowest BCUT2D eigenvalue weighted by Gasteiger charge is -2.25. The van der Waals surface area contributed by atoms with Crippen LogP contribution in [0.4, 0.5) is 15.8 Å². The lowest BCUT2D eigenvalue weighted by molar-refractivity contribution is 0.205. The Labute approximate surface area is 114 Å². The van der Waals surface area contributed by atoms with Gasteiger partial charge in [-0.05, 0) is 13.3 Å². The minimum absolute atomic E-state index is 0.252. The zero-order valence-electron chi connectivity index (χ0n) is 11.9. The summed E-state index contributed by atoms with van der Waals surface area (Å²) in [5.41, 5.74) is 7.09. The molecule has 0 spiro atoms. The smallest absolute Gasteiger partial charge is 0.167 e. The van der Waals surface area contributed by atoms with E-state index in [1.807, 2.05) is 18.7 Å². The van der Waals surface area contributed by atoms with E-state index in [-0.39, 0.29) is 5.75 Å². The van der Waals surface area contributed by atoms with Crippen LogP contribution in [0.25, 0.3) is 0 Å². The summed E-state index contributed by atoms with van der Waals surface area (Å²) in [6.45, 7) is 6.56. The van der Waals surface area contributed by atoms with Crippen molar-refractivity contribution in [1.29, 1.82) is 0 Å². The molecule has 0 aliphatic heterocycles. The molecule has 0 unspecified atom stereocenters. The van der Waals surface area contributed by atoms with E-state index in [4.69, 9.17) is 15.2 Å². The molecule has 1 rings (SSSR count). The van der Waals surface area contributed by atoms with Gasteiger partial charge >= 0.3 is 0 Å². The third-order valence-corrected chi connectivity index (χ3v) is 2.83. The predicted octanol–water partition coefficient (Wildman–Crippen LogP) is 2.67. The van der Waals surface area contributed by atoms with Crippen LogP contribution in [0.2, 0.25) is 0 Å². The van der Waals surface area contributed by atoms with Gasteiger partial charge in [-0.3, -0.25) is 0 Å². The molecule has 2 N–H and O–H groups in total. The standard InChI is InChI=1S/C14H23FN2O2/c1-4-7-19-14-10-13(12(16)9-11(14)15)17(5-2)6-8-18-3/h9-10H,4-8,16H2,1-3H3. The quantitative estimate of drug-likeness (QED) is 0.738. The molecule has 0 atom stereocenters. The average molecular weight is 270 g/mol. The Morgan fingerprint density at radius 3 is 2.58 bits per heavy atom. The van der Waals surface area contributed by atoms with E-state index < -0.39 is 5.82 Å². The molecule has 0 amide bonds. The highest BCUT2D eigenvalue weighted by Gasteiger charge is 2.13. The number of hydrogen-bond acceptors (Lipinski definition) is 4. The molecule has 0 bridgehead atoms. The summed E-state index contributed by atoms with van der Waals surface area (Å²) < 4.78 is 24.2. The van der Waals surface area contributed by atoms with Gasteiger partial charge in [0.1, 0.15) is 0 Å². The Morgan fingerprint density at radius 1 is 1.26 bits per heavy atom. The van der Waals surface area contributed by atoms with Crippen molar-refractivity contribution in [3.8, 4) is 5.75 Å². The molecule has 0 aromatic heterocycles. The first kappa shape index (κ1) is 15.6. The van der Waals surface area contributed by atoms with Crippen molar-refractivity contribution in [3.05, 3.63) is 17.9 Å². The maximum Gasteiger partial charge on any atom is 0.167 e. The Bertz CT molecular complexity index is 399. The van der Waals surface area contributed by atoms with Crippen LogP contribution in [0, 0.1) is 5.82 Å². The van der Waals surface area contributed by atoms with Crippen molar-refractivity contribution in [2.45, 2.75) is 20.3 Å². The molecule has 1 aromatic carbocycles. The lowest BCUT2D eigenvalue weighted by Crippen LogP contribution is -2.27. The van der Waals surface area contributed by atoms with Crippen LogP contribution < -0.4 is 15.4 Å². The lowest BCUT2D eigenvalue weighted by atomic mass is 10.2. The summed E-state index contributed by atoms with van der Waals surface area (Å²) in [5, 5.41) is 0. The minimum Gasteiger partial charge on any atom is -0.490 e. The second-order valence-corrected chi connectivity index (χ2v) is 4.26. The molecule has 19 heavy (non-hydrogen) atoms. The summed E-state index contributed by atoms with van der Waals surface area (Å²) in [6.07, 6.45) is 0.834. The van der Waals surface area contributed by atoms with E-state index in [9.17, 15) is 4.39 Å². The number of likely N-dealkylation sites (N-methyl/N-ethyl adjacent to an activating group) is 1. The van der Waals surface area contributed by atoms with Gasteiger partial charge in [0.05, 0.1) is 24.6 Å². The number of hydrogen-bond donors (Lipinski definition) is 1. The molecule has 0 heterocycles. The largest absolute Gasteiger partial charge is 0.490 e. The number of ether oxygens (including phenoxy) is 2. The van der Waals surface area contributed by atoms with Gasteiger partial charge in [0.2, 0.25) is 0 Å². The van der Waals surface area contributed by atoms with Crippen molar-refractivity contribution in [1.82, 2.24) is 0 Å². The van der Waals surface area contributed by atoms with Crippen molar-refractivity contribution in [3.63, 3.8) is 0 Å². The summed E-state index contributed by atoms with van der Waals surface area (Å²) in [7, 11) is 1.65. The van der Waals surface area contributed by atoms with Gasteiger partial charge < -0.3 is 20.1 Å². The Morgan fingerprint density at radius 2 is 2.00 bits per heavy atom. The number of rotatable bonds is 8. The molecule has 0 aliphatic rings. The molecule has 1 aromatic rings. The monoisotopic (exact) mass is 270 g/mol. The third kappa shape index (κ3) is 4.28. The maximum absolute atomic E-state index is 13.7. The zero-order valence-corrected chi connectivity index (χ0v) is 11.9. The molecule has 108 valence electrons. The molecule has 0 aliphatic carbocycles.